The summed E-state index contributed by atoms with van der Waals surface area (Å²) in [7, 11) is 1.40. The Morgan fingerprint density at radius 3 is 2.63 bits per heavy atom. The highest BCUT2D eigenvalue weighted by molar-refractivity contribution is 14.1. The molecule has 1 aliphatic rings. The van der Waals surface area contributed by atoms with Crippen LogP contribution in [0.15, 0.2) is 30.9 Å². The predicted molar refractivity (Wildman–Crippen MR) is 114 cm³/mol. The molecule has 0 spiro atoms. The maximum atomic E-state index is 12.0. The molecule has 8 nitrogen and oxygen atoms in total. The van der Waals surface area contributed by atoms with E-state index in [4.69, 9.17) is 5.84 Å². The lowest BCUT2D eigenvalue weighted by Crippen LogP contribution is -2.48. The van der Waals surface area contributed by atoms with Gasteiger partial charge in [0.1, 0.15) is 9.52 Å². The summed E-state index contributed by atoms with van der Waals surface area (Å²) in [4.78, 5) is 33.7. The Balaban J connectivity index is 1.65. The molecular weight excluding hydrogens is 459 g/mol. The van der Waals surface area contributed by atoms with Gasteiger partial charge in [-0.15, -0.1) is 0 Å². The Labute approximate surface area is 174 Å². The van der Waals surface area contributed by atoms with Gasteiger partial charge in [-0.3, -0.25) is 19.6 Å². The number of nitrogens with zero attached hydrogens (tertiary/aromatic N) is 5. The first-order chi connectivity index (χ1) is 12.9. The van der Waals surface area contributed by atoms with Crippen LogP contribution in [0, 0.1) is 3.70 Å². The number of hydrogen-bond acceptors (Lipinski definition) is 6. The largest absolute Gasteiger partial charge is 0.354 e. The lowest BCUT2D eigenvalue weighted by molar-refractivity contribution is -0.122. The minimum absolute atomic E-state index is 0.417. The fraction of sp³-hybridized carbons (Fsp3) is 0.500. The number of imide groups is 1. The van der Waals surface area contributed by atoms with Crippen LogP contribution in [-0.4, -0.2) is 78.0 Å². The van der Waals surface area contributed by atoms with Crippen LogP contribution < -0.4 is 10.7 Å². The highest BCUT2D eigenvalue weighted by Crippen LogP contribution is 2.15. The number of hydrogen-bond donors (Lipinski definition) is 1. The molecule has 0 saturated carbocycles. The van der Waals surface area contributed by atoms with Crippen LogP contribution in [0.5, 0.6) is 0 Å². The van der Waals surface area contributed by atoms with Crippen molar-refractivity contribution in [3.05, 3.63) is 34.6 Å². The van der Waals surface area contributed by atoms with E-state index >= 15 is 0 Å². The molecule has 0 aromatic carbocycles. The van der Waals surface area contributed by atoms with Crippen molar-refractivity contribution in [1.29, 1.82) is 0 Å². The zero-order valence-corrected chi connectivity index (χ0v) is 17.8. The molecule has 0 radical (unpaired) electrons. The van der Waals surface area contributed by atoms with Gasteiger partial charge in [-0.05, 0) is 60.2 Å². The van der Waals surface area contributed by atoms with E-state index in [9.17, 15) is 9.59 Å². The van der Waals surface area contributed by atoms with Gasteiger partial charge in [0.2, 0.25) is 0 Å². The van der Waals surface area contributed by atoms with E-state index in [1.165, 1.54) is 7.05 Å². The lowest BCUT2D eigenvalue weighted by atomic mass is 10.2. The fourth-order valence-electron chi connectivity index (χ4n) is 2.91. The Morgan fingerprint density at radius 1 is 1.30 bits per heavy atom. The smallest absolute Gasteiger partial charge is 0.340 e. The Hall–Kier alpha value is -1.72. The van der Waals surface area contributed by atoms with E-state index in [1.807, 2.05) is 12.1 Å². The highest BCUT2D eigenvalue weighted by Gasteiger charge is 2.20. The molecule has 1 saturated heterocycles. The summed E-state index contributed by atoms with van der Waals surface area (Å²) in [6, 6.07) is 5.57. The van der Waals surface area contributed by atoms with E-state index in [-0.39, 0.29) is 0 Å². The summed E-state index contributed by atoms with van der Waals surface area (Å²) in [6.07, 6.45) is 2.83. The van der Waals surface area contributed by atoms with Gasteiger partial charge in [0.15, 0.2) is 0 Å². The number of carbonyl (C=O) groups is 2. The molecule has 2 rings (SSSR count). The Kier molecular flexibility index (Phi) is 8.45. The Morgan fingerprint density at radius 2 is 2.00 bits per heavy atom. The average Bonchev–Trinajstić information content (AvgIpc) is 2.69. The van der Waals surface area contributed by atoms with Crippen molar-refractivity contribution in [2.24, 2.45) is 5.84 Å². The molecule has 2 heterocycles. The van der Waals surface area contributed by atoms with Gasteiger partial charge < -0.3 is 4.90 Å². The Bertz CT molecular complexity index is 663. The van der Waals surface area contributed by atoms with E-state index in [2.05, 4.69) is 50.0 Å². The summed E-state index contributed by atoms with van der Waals surface area (Å²) < 4.78 is 1.01. The minimum Gasteiger partial charge on any atom is -0.354 e. The topological polar surface area (TPSA) is 86.0 Å². The molecule has 2 N–H and O–H groups in total. The minimum atomic E-state index is -0.515. The molecular formula is C18H27IN6O2. The SMILES string of the molecule is C=CC(=O)N(C)C(=O)N(N)CCCCN1CCN(c2cccc(I)n2)CC1. The maximum absolute atomic E-state index is 12.0. The van der Waals surface area contributed by atoms with Gasteiger partial charge in [-0.25, -0.2) is 15.6 Å². The number of urea groups is 1. The third-order valence-electron chi connectivity index (χ3n) is 4.56. The summed E-state index contributed by atoms with van der Waals surface area (Å²) in [5.41, 5.74) is 0. The number of pyridine rings is 1. The van der Waals surface area contributed by atoms with Crippen LogP contribution in [-0.2, 0) is 4.79 Å². The summed E-state index contributed by atoms with van der Waals surface area (Å²) in [5.74, 6) is 6.33. The second-order valence-electron chi connectivity index (χ2n) is 6.43. The quantitative estimate of drug-likeness (QED) is 0.120. The first-order valence-corrected chi connectivity index (χ1v) is 10.1. The summed E-state index contributed by atoms with van der Waals surface area (Å²) in [5, 5.41) is 1.09. The van der Waals surface area contributed by atoms with E-state index < -0.39 is 11.9 Å². The summed E-state index contributed by atoms with van der Waals surface area (Å²) in [6.45, 7) is 8.66. The molecule has 27 heavy (non-hydrogen) atoms. The predicted octanol–water partition coefficient (Wildman–Crippen LogP) is 1.53. The lowest BCUT2D eigenvalue weighted by Gasteiger charge is -2.35. The van der Waals surface area contributed by atoms with Crippen LogP contribution >= 0.6 is 22.6 Å². The number of carbonyl (C=O) groups excluding carboxylic acids is 2. The molecule has 3 amide bonds. The molecule has 148 valence electrons. The van der Waals surface area contributed by atoms with Crippen molar-refractivity contribution in [3.8, 4) is 0 Å². The van der Waals surface area contributed by atoms with Crippen LogP contribution in [0.2, 0.25) is 0 Å². The highest BCUT2D eigenvalue weighted by atomic mass is 127. The molecule has 1 fully saturated rings. The monoisotopic (exact) mass is 486 g/mol. The standard InChI is InChI=1S/C18H27IN6O2/c1-3-17(26)22(2)18(27)25(20)10-5-4-9-23-11-13-24(14-12-23)16-8-6-7-15(19)21-16/h3,6-8H,1,4-5,9-14,20H2,2H3. The van der Waals surface area contributed by atoms with Crippen LogP contribution in [0.4, 0.5) is 10.6 Å². The van der Waals surface area contributed by atoms with Crippen molar-refractivity contribution in [2.75, 3.05) is 51.2 Å². The number of likely N-dealkylation sites (N-methyl/N-ethyl adjacent to an activating group) is 1. The van der Waals surface area contributed by atoms with Gasteiger partial charge in [-0.2, -0.15) is 0 Å². The first kappa shape index (κ1) is 21.6. The number of halogens is 1. The molecule has 1 aromatic rings. The van der Waals surface area contributed by atoms with E-state index in [0.29, 0.717) is 6.54 Å². The summed E-state index contributed by atoms with van der Waals surface area (Å²) >= 11 is 2.23. The van der Waals surface area contributed by atoms with Gasteiger partial charge in [0, 0.05) is 39.8 Å². The number of amides is 3. The molecule has 0 aliphatic carbocycles. The second-order valence-corrected chi connectivity index (χ2v) is 7.54. The normalized spacial score (nSPS) is 14.7. The zero-order valence-electron chi connectivity index (χ0n) is 15.7. The number of hydrazine groups is 1. The van der Waals surface area contributed by atoms with Crippen LogP contribution in [0.1, 0.15) is 12.8 Å². The number of anilines is 1. The third-order valence-corrected chi connectivity index (χ3v) is 5.16. The fourth-order valence-corrected chi connectivity index (χ4v) is 3.37. The molecule has 1 aliphatic heterocycles. The number of aromatic nitrogens is 1. The van der Waals surface area contributed by atoms with Crippen molar-refractivity contribution in [1.82, 2.24) is 19.8 Å². The second kappa shape index (κ2) is 10.6. The van der Waals surface area contributed by atoms with Gasteiger partial charge in [0.05, 0.1) is 0 Å². The average molecular weight is 486 g/mol. The third kappa shape index (κ3) is 6.43. The van der Waals surface area contributed by atoms with Gasteiger partial charge in [0.25, 0.3) is 5.91 Å². The first-order valence-electron chi connectivity index (χ1n) is 8.98. The van der Waals surface area contributed by atoms with Crippen LogP contribution in [0.3, 0.4) is 0 Å². The van der Waals surface area contributed by atoms with E-state index in [1.54, 1.807) is 0 Å². The molecule has 0 bridgehead atoms. The van der Waals surface area contributed by atoms with Crippen molar-refractivity contribution in [3.63, 3.8) is 0 Å². The molecule has 0 atom stereocenters. The van der Waals surface area contributed by atoms with E-state index in [0.717, 1.165) is 71.1 Å². The van der Waals surface area contributed by atoms with Crippen molar-refractivity contribution in [2.45, 2.75) is 12.8 Å². The number of piperazine rings is 1. The van der Waals surface area contributed by atoms with Gasteiger partial charge >= 0.3 is 6.03 Å². The van der Waals surface area contributed by atoms with Crippen molar-refractivity contribution >= 4 is 40.3 Å². The van der Waals surface area contributed by atoms with Crippen molar-refractivity contribution < 1.29 is 9.59 Å². The number of nitrogens with two attached hydrogens (primary N) is 1. The van der Waals surface area contributed by atoms with Crippen LogP contribution in [0.25, 0.3) is 0 Å². The number of unbranched alkanes of at least 4 members (excludes halogenated alkanes) is 1. The maximum Gasteiger partial charge on any atom is 0.340 e. The molecule has 0 unspecified atom stereocenters. The molecule has 1 aromatic heterocycles. The molecule has 9 heteroatoms. The van der Waals surface area contributed by atoms with Gasteiger partial charge in [-0.1, -0.05) is 12.6 Å². The number of rotatable bonds is 7. The zero-order chi connectivity index (χ0) is 19.8.